The van der Waals surface area contributed by atoms with Crippen LogP contribution in [0.3, 0.4) is 0 Å². The van der Waals surface area contributed by atoms with Gasteiger partial charge in [-0.05, 0) is 86.0 Å². The fraction of sp³-hybridized carbons (Fsp3) is 0.192. The zero-order chi connectivity index (χ0) is 26.5. The summed E-state index contributed by atoms with van der Waals surface area (Å²) in [5.41, 5.74) is 6.56. The molecule has 188 valence electrons. The number of hydrogen-bond donors (Lipinski definition) is 2. The molecule has 2 amide bonds. The quantitative estimate of drug-likeness (QED) is 0.329. The Labute approximate surface area is 216 Å². The maximum atomic E-state index is 13.5. The highest BCUT2D eigenvalue weighted by molar-refractivity contribution is 7.92. The number of rotatable bonds is 8. The number of sulfonamides is 1. The van der Waals surface area contributed by atoms with Crippen LogP contribution < -0.4 is 15.0 Å². The van der Waals surface area contributed by atoms with Gasteiger partial charge in [-0.25, -0.2) is 13.8 Å². The second-order valence-corrected chi connectivity index (χ2v) is 10.5. The number of hydrazone groups is 1. The van der Waals surface area contributed by atoms with Gasteiger partial charge in [-0.3, -0.25) is 13.9 Å². The lowest BCUT2D eigenvalue weighted by Crippen LogP contribution is -2.39. The highest BCUT2D eigenvalue weighted by atomic mass is 35.5. The van der Waals surface area contributed by atoms with Crippen molar-refractivity contribution in [2.24, 2.45) is 5.10 Å². The van der Waals surface area contributed by atoms with Crippen LogP contribution in [0, 0.1) is 13.8 Å². The molecule has 36 heavy (non-hydrogen) atoms. The van der Waals surface area contributed by atoms with Crippen LogP contribution in [0.4, 0.5) is 11.4 Å². The Balaban J connectivity index is 1.84. The number of carbonyl (C=O) groups excluding carboxylic acids is 2. The number of carbonyl (C=O) groups is 2. The monoisotopic (exact) mass is 526 g/mol. The highest BCUT2D eigenvalue weighted by Gasteiger charge is 2.27. The molecule has 0 spiro atoms. The SMILES string of the molecule is CC(=O)Nc1ccc(/C(C)=N\NC(=O)CN(c2ccc(C)c(C)c2)S(=O)(=O)c2ccc(Cl)cc2)cc1. The molecule has 2 N–H and O–H groups in total. The molecule has 0 bridgehead atoms. The fourth-order valence-electron chi connectivity index (χ4n) is 3.30. The largest absolute Gasteiger partial charge is 0.326 e. The smallest absolute Gasteiger partial charge is 0.264 e. The zero-order valence-electron chi connectivity index (χ0n) is 20.4. The predicted octanol–water partition coefficient (Wildman–Crippen LogP) is 4.65. The van der Waals surface area contributed by atoms with Crippen molar-refractivity contribution in [3.63, 3.8) is 0 Å². The summed E-state index contributed by atoms with van der Waals surface area (Å²) in [6.07, 6.45) is 0. The van der Waals surface area contributed by atoms with Crippen molar-refractivity contribution in [1.82, 2.24) is 5.43 Å². The van der Waals surface area contributed by atoms with Gasteiger partial charge in [0.25, 0.3) is 15.9 Å². The van der Waals surface area contributed by atoms with E-state index in [0.717, 1.165) is 21.0 Å². The molecule has 3 aromatic rings. The van der Waals surface area contributed by atoms with Gasteiger partial charge in [0.1, 0.15) is 6.54 Å². The molecule has 8 nitrogen and oxygen atoms in total. The Kier molecular flexibility index (Phi) is 8.49. The number of aryl methyl sites for hydroxylation is 2. The third-order valence-corrected chi connectivity index (χ3v) is 7.48. The second kappa shape index (κ2) is 11.4. The van der Waals surface area contributed by atoms with Crippen LogP contribution in [-0.2, 0) is 19.6 Å². The van der Waals surface area contributed by atoms with E-state index >= 15 is 0 Å². The van der Waals surface area contributed by atoms with Crippen molar-refractivity contribution in [2.45, 2.75) is 32.6 Å². The number of anilines is 2. The molecule has 0 unspecified atom stereocenters. The maximum Gasteiger partial charge on any atom is 0.264 e. The lowest BCUT2D eigenvalue weighted by molar-refractivity contribution is -0.119. The van der Waals surface area contributed by atoms with E-state index in [1.165, 1.54) is 31.2 Å². The Bertz CT molecular complexity index is 1400. The summed E-state index contributed by atoms with van der Waals surface area (Å²) in [5, 5.41) is 7.20. The molecule has 0 fully saturated rings. The topological polar surface area (TPSA) is 108 Å². The van der Waals surface area contributed by atoms with Gasteiger partial charge < -0.3 is 5.32 Å². The molecule has 0 saturated heterocycles. The van der Waals surface area contributed by atoms with E-state index in [1.807, 2.05) is 13.8 Å². The van der Waals surface area contributed by atoms with Crippen molar-refractivity contribution in [3.05, 3.63) is 88.4 Å². The lowest BCUT2D eigenvalue weighted by atomic mass is 10.1. The average Bonchev–Trinajstić information content (AvgIpc) is 2.83. The lowest BCUT2D eigenvalue weighted by Gasteiger charge is -2.24. The van der Waals surface area contributed by atoms with Gasteiger partial charge in [0.05, 0.1) is 16.3 Å². The number of nitrogens with one attached hydrogen (secondary N) is 2. The molecular weight excluding hydrogens is 500 g/mol. The van der Waals surface area contributed by atoms with Gasteiger partial charge in [0.15, 0.2) is 0 Å². The van der Waals surface area contributed by atoms with Crippen molar-refractivity contribution >= 4 is 50.5 Å². The molecule has 0 aliphatic heterocycles. The number of hydrogen-bond acceptors (Lipinski definition) is 5. The van der Waals surface area contributed by atoms with Gasteiger partial charge >= 0.3 is 0 Å². The number of nitrogens with zero attached hydrogens (tertiary/aromatic N) is 2. The first-order valence-corrected chi connectivity index (χ1v) is 12.9. The van der Waals surface area contributed by atoms with Crippen molar-refractivity contribution < 1.29 is 18.0 Å². The van der Waals surface area contributed by atoms with Crippen LogP contribution in [0.1, 0.15) is 30.5 Å². The van der Waals surface area contributed by atoms with E-state index < -0.39 is 22.5 Å². The first kappa shape index (κ1) is 26.9. The standard InChI is InChI=1S/C26H27ClN4O4S/c1-17-5-12-24(15-18(17)2)31(36(34,35)25-13-8-22(27)9-14-25)16-26(33)30-29-19(3)21-6-10-23(11-7-21)28-20(4)32/h5-15H,16H2,1-4H3,(H,28,32)(H,30,33)/b29-19-. The molecule has 0 aromatic heterocycles. The zero-order valence-corrected chi connectivity index (χ0v) is 21.9. The summed E-state index contributed by atoms with van der Waals surface area (Å²) in [4.78, 5) is 24.0. The Hall–Kier alpha value is -3.69. The van der Waals surface area contributed by atoms with E-state index in [-0.39, 0.29) is 10.8 Å². The predicted molar refractivity (Wildman–Crippen MR) is 143 cm³/mol. The van der Waals surface area contributed by atoms with Gasteiger partial charge in [0.2, 0.25) is 5.91 Å². The van der Waals surface area contributed by atoms with Crippen molar-refractivity contribution in [3.8, 4) is 0 Å². The summed E-state index contributed by atoms with van der Waals surface area (Å²) >= 11 is 5.93. The van der Waals surface area contributed by atoms with Gasteiger partial charge in [-0.2, -0.15) is 5.10 Å². The minimum absolute atomic E-state index is 0.0110. The fourth-order valence-corrected chi connectivity index (χ4v) is 4.84. The molecule has 0 atom stereocenters. The Morgan fingerprint density at radius 1 is 0.917 bits per heavy atom. The summed E-state index contributed by atoms with van der Waals surface area (Å²) < 4.78 is 28.0. The van der Waals surface area contributed by atoms with E-state index in [4.69, 9.17) is 11.6 Å². The average molecular weight is 527 g/mol. The van der Waals surface area contributed by atoms with E-state index in [1.54, 1.807) is 49.4 Å². The van der Waals surface area contributed by atoms with Crippen molar-refractivity contribution in [1.29, 1.82) is 0 Å². The molecule has 3 aromatic carbocycles. The van der Waals surface area contributed by atoms with E-state index in [9.17, 15) is 18.0 Å². The number of halogens is 1. The summed E-state index contributed by atoms with van der Waals surface area (Å²) in [6, 6.07) is 17.9. The normalized spacial score (nSPS) is 11.6. The minimum atomic E-state index is -4.07. The van der Waals surface area contributed by atoms with E-state index in [0.29, 0.717) is 22.1 Å². The van der Waals surface area contributed by atoms with Crippen LogP contribution in [-0.4, -0.2) is 32.5 Å². The second-order valence-electron chi connectivity index (χ2n) is 8.22. The molecular formula is C26H27ClN4O4S. The Morgan fingerprint density at radius 3 is 2.14 bits per heavy atom. The molecule has 0 radical (unpaired) electrons. The van der Waals surface area contributed by atoms with Crippen LogP contribution in [0.25, 0.3) is 0 Å². The molecule has 0 heterocycles. The molecule has 10 heteroatoms. The molecule has 0 saturated carbocycles. The van der Waals surface area contributed by atoms with Gasteiger partial charge in [-0.1, -0.05) is 29.8 Å². The summed E-state index contributed by atoms with van der Waals surface area (Å²) in [6.45, 7) is 6.44. The molecule has 0 aliphatic rings. The molecule has 0 aliphatic carbocycles. The van der Waals surface area contributed by atoms with Gasteiger partial charge in [-0.15, -0.1) is 0 Å². The summed E-state index contributed by atoms with van der Waals surface area (Å²) in [5.74, 6) is -0.790. The third kappa shape index (κ3) is 6.71. The minimum Gasteiger partial charge on any atom is -0.326 e. The summed E-state index contributed by atoms with van der Waals surface area (Å²) in [7, 11) is -4.07. The van der Waals surface area contributed by atoms with Crippen molar-refractivity contribution in [2.75, 3.05) is 16.2 Å². The molecule has 3 rings (SSSR count). The number of amides is 2. The first-order valence-electron chi connectivity index (χ1n) is 11.0. The maximum absolute atomic E-state index is 13.5. The van der Waals surface area contributed by atoms with Crippen LogP contribution in [0.15, 0.2) is 76.7 Å². The third-order valence-electron chi connectivity index (χ3n) is 5.44. The van der Waals surface area contributed by atoms with Gasteiger partial charge in [0, 0.05) is 17.6 Å². The van der Waals surface area contributed by atoms with E-state index in [2.05, 4.69) is 15.8 Å². The number of benzene rings is 3. The van der Waals surface area contributed by atoms with Crippen LogP contribution in [0.2, 0.25) is 5.02 Å². The first-order chi connectivity index (χ1) is 17.0. The van der Waals surface area contributed by atoms with Crippen LogP contribution >= 0.6 is 11.6 Å². The van der Waals surface area contributed by atoms with Crippen LogP contribution in [0.5, 0.6) is 0 Å². The Morgan fingerprint density at radius 2 is 1.56 bits per heavy atom. The highest BCUT2D eigenvalue weighted by Crippen LogP contribution is 2.26.